The van der Waals surface area contributed by atoms with Crippen LogP contribution in [0.1, 0.15) is 33.4 Å². The van der Waals surface area contributed by atoms with Crippen LogP contribution in [0.4, 0.5) is 0 Å². The van der Waals surface area contributed by atoms with Gasteiger partial charge in [-0.2, -0.15) is 0 Å². The van der Waals surface area contributed by atoms with Crippen LogP contribution in [0, 0.1) is 27.7 Å². The minimum absolute atomic E-state index is 0.378. The summed E-state index contributed by atoms with van der Waals surface area (Å²) in [4.78, 5) is 0. The summed E-state index contributed by atoms with van der Waals surface area (Å²) in [5, 5.41) is 23.0. The van der Waals surface area contributed by atoms with Gasteiger partial charge in [-0.25, -0.2) is 0 Å². The molecule has 0 aliphatic heterocycles. The molecule has 0 saturated carbocycles. The van der Waals surface area contributed by atoms with Gasteiger partial charge in [0.2, 0.25) is 0 Å². The van der Waals surface area contributed by atoms with Gasteiger partial charge in [-0.1, -0.05) is 24.3 Å². The second-order valence-electron chi connectivity index (χ2n) is 5.76. The number of hydrogen-bond acceptors (Lipinski definition) is 3. The Balaban J connectivity index is 2.02. The molecule has 21 heavy (non-hydrogen) atoms. The molecule has 0 saturated heterocycles. The zero-order chi connectivity index (χ0) is 15.6. The zero-order valence-electron chi connectivity index (χ0n) is 13.1. The number of nitrogens with one attached hydrogen (secondary N) is 1. The Morgan fingerprint density at radius 3 is 1.24 bits per heavy atom. The average Bonchev–Trinajstić information content (AvgIpc) is 2.42. The number of aryl methyl sites for hydroxylation is 4. The fourth-order valence-electron chi connectivity index (χ4n) is 2.65. The van der Waals surface area contributed by atoms with E-state index in [1.54, 1.807) is 0 Å². The Bertz CT molecular complexity index is 559. The normalized spacial score (nSPS) is 10.9. The molecule has 0 bridgehead atoms. The standard InChI is InChI=1S/C18H23NO2/c1-11-5-15(6-12(2)17(11)20)9-19-10-16-7-13(3)18(21)14(4)8-16/h5-8,19-21H,9-10H2,1-4H3. The molecule has 0 aliphatic rings. The topological polar surface area (TPSA) is 52.5 Å². The molecule has 0 radical (unpaired) electrons. The van der Waals surface area contributed by atoms with Crippen LogP contribution in [0.5, 0.6) is 11.5 Å². The first kappa shape index (κ1) is 15.4. The monoisotopic (exact) mass is 285 g/mol. The third-order valence-electron chi connectivity index (χ3n) is 3.76. The maximum atomic E-state index is 9.78. The molecule has 112 valence electrons. The summed E-state index contributed by atoms with van der Waals surface area (Å²) in [5.41, 5.74) is 5.95. The van der Waals surface area contributed by atoms with Crippen molar-refractivity contribution in [1.29, 1.82) is 0 Å². The van der Waals surface area contributed by atoms with Gasteiger partial charge in [0.15, 0.2) is 0 Å². The Kier molecular flexibility index (Phi) is 4.53. The SMILES string of the molecule is Cc1cc(CNCc2cc(C)c(O)c(C)c2)cc(C)c1O. The molecule has 3 heteroatoms. The summed E-state index contributed by atoms with van der Waals surface area (Å²) < 4.78 is 0. The summed E-state index contributed by atoms with van der Waals surface area (Å²) >= 11 is 0. The van der Waals surface area contributed by atoms with Crippen molar-refractivity contribution >= 4 is 0 Å². The number of phenolic OH excluding ortho intramolecular Hbond substituents is 2. The van der Waals surface area contributed by atoms with Crippen molar-refractivity contribution < 1.29 is 10.2 Å². The highest BCUT2D eigenvalue weighted by Gasteiger charge is 2.05. The summed E-state index contributed by atoms with van der Waals surface area (Å²) in [5.74, 6) is 0.757. The van der Waals surface area contributed by atoms with Crippen LogP contribution in [-0.2, 0) is 13.1 Å². The molecule has 2 aromatic rings. The van der Waals surface area contributed by atoms with Crippen LogP contribution in [0.25, 0.3) is 0 Å². The summed E-state index contributed by atoms with van der Waals surface area (Å²) in [6, 6.07) is 8.01. The molecule has 2 aromatic carbocycles. The predicted molar refractivity (Wildman–Crippen MR) is 85.7 cm³/mol. The van der Waals surface area contributed by atoms with Crippen LogP contribution in [0.15, 0.2) is 24.3 Å². The molecule has 0 atom stereocenters. The quantitative estimate of drug-likeness (QED) is 0.804. The minimum atomic E-state index is 0.378. The van der Waals surface area contributed by atoms with E-state index in [2.05, 4.69) is 5.32 Å². The van der Waals surface area contributed by atoms with Gasteiger partial charge >= 0.3 is 0 Å². The van der Waals surface area contributed by atoms with Gasteiger partial charge in [0.05, 0.1) is 0 Å². The highest BCUT2D eigenvalue weighted by molar-refractivity contribution is 5.43. The molecule has 0 unspecified atom stereocenters. The number of hydrogen-bond donors (Lipinski definition) is 3. The predicted octanol–water partition coefficient (Wildman–Crippen LogP) is 3.62. The summed E-state index contributed by atoms with van der Waals surface area (Å²) in [7, 11) is 0. The van der Waals surface area contributed by atoms with E-state index in [9.17, 15) is 10.2 Å². The molecule has 0 fully saturated rings. The maximum absolute atomic E-state index is 9.78. The van der Waals surface area contributed by atoms with E-state index in [1.165, 1.54) is 0 Å². The number of phenols is 2. The van der Waals surface area contributed by atoms with E-state index >= 15 is 0 Å². The van der Waals surface area contributed by atoms with Crippen LogP contribution >= 0.6 is 0 Å². The molecular formula is C18H23NO2. The van der Waals surface area contributed by atoms with Gasteiger partial charge < -0.3 is 15.5 Å². The molecule has 0 spiro atoms. The van der Waals surface area contributed by atoms with Crippen LogP contribution < -0.4 is 5.32 Å². The van der Waals surface area contributed by atoms with Gasteiger partial charge in [0, 0.05) is 13.1 Å². The zero-order valence-corrected chi connectivity index (χ0v) is 13.1. The molecular weight excluding hydrogens is 262 g/mol. The largest absolute Gasteiger partial charge is 0.507 e. The van der Waals surface area contributed by atoms with Crippen molar-refractivity contribution in [3.05, 3.63) is 57.6 Å². The van der Waals surface area contributed by atoms with Gasteiger partial charge in [0.1, 0.15) is 11.5 Å². The smallest absolute Gasteiger partial charge is 0.121 e. The summed E-state index contributed by atoms with van der Waals surface area (Å²) in [6.07, 6.45) is 0. The fraction of sp³-hybridized carbons (Fsp3) is 0.333. The molecule has 3 nitrogen and oxygen atoms in total. The first-order valence-corrected chi connectivity index (χ1v) is 7.17. The van der Waals surface area contributed by atoms with Gasteiger partial charge in [0.25, 0.3) is 0 Å². The van der Waals surface area contributed by atoms with Crippen molar-refractivity contribution in [1.82, 2.24) is 5.32 Å². The lowest BCUT2D eigenvalue weighted by molar-refractivity contribution is 0.466. The van der Waals surface area contributed by atoms with Crippen LogP contribution in [0.3, 0.4) is 0 Å². The Hall–Kier alpha value is -2.00. The van der Waals surface area contributed by atoms with Crippen molar-refractivity contribution in [2.24, 2.45) is 0 Å². The van der Waals surface area contributed by atoms with E-state index in [0.717, 1.165) is 46.5 Å². The van der Waals surface area contributed by atoms with Crippen molar-refractivity contribution in [3.63, 3.8) is 0 Å². The lowest BCUT2D eigenvalue weighted by Crippen LogP contribution is -2.13. The lowest BCUT2D eigenvalue weighted by Gasteiger charge is -2.11. The van der Waals surface area contributed by atoms with E-state index in [0.29, 0.717) is 11.5 Å². The molecule has 0 amide bonds. The highest BCUT2D eigenvalue weighted by atomic mass is 16.3. The van der Waals surface area contributed by atoms with Crippen molar-refractivity contribution in [3.8, 4) is 11.5 Å². The highest BCUT2D eigenvalue weighted by Crippen LogP contribution is 2.24. The molecule has 3 N–H and O–H groups in total. The van der Waals surface area contributed by atoms with E-state index in [-0.39, 0.29) is 0 Å². The Labute approximate surface area is 126 Å². The molecule has 0 aliphatic carbocycles. The van der Waals surface area contributed by atoms with Crippen molar-refractivity contribution in [2.45, 2.75) is 40.8 Å². The van der Waals surface area contributed by atoms with Gasteiger partial charge in [-0.05, 0) is 61.1 Å². The second-order valence-corrected chi connectivity index (χ2v) is 5.76. The fourth-order valence-corrected chi connectivity index (χ4v) is 2.65. The summed E-state index contributed by atoms with van der Waals surface area (Å²) in [6.45, 7) is 9.16. The number of aromatic hydroxyl groups is 2. The molecule has 2 rings (SSSR count). The number of rotatable bonds is 4. The van der Waals surface area contributed by atoms with E-state index in [1.807, 2.05) is 52.0 Å². The van der Waals surface area contributed by atoms with Crippen LogP contribution in [-0.4, -0.2) is 10.2 Å². The minimum Gasteiger partial charge on any atom is -0.507 e. The third-order valence-corrected chi connectivity index (χ3v) is 3.76. The number of benzene rings is 2. The average molecular weight is 285 g/mol. The lowest BCUT2D eigenvalue weighted by atomic mass is 10.0. The first-order valence-electron chi connectivity index (χ1n) is 7.17. The second kappa shape index (κ2) is 6.19. The first-order chi connectivity index (χ1) is 9.88. The molecule has 0 heterocycles. The van der Waals surface area contributed by atoms with E-state index in [4.69, 9.17) is 0 Å². The maximum Gasteiger partial charge on any atom is 0.121 e. The van der Waals surface area contributed by atoms with Gasteiger partial charge in [-0.3, -0.25) is 0 Å². The van der Waals surface area contributed by atoms with E-state index < -0.39 is 0 Å². The van der Waals surface area contributed by atoms with Crippen LogP contribution in [0.2, 0.25) is 0 Å². The third kappa shape index (κ3) is 3.56. The Morgan fingerprint density at radius 1 is 0.667 bits per heavy atom. The van der Waals surface area contributed by atoms with Gasteiger partial charge in [-0.15, -0.1) is 0 Å². The van der Waals surface area contributed by atoms with Crippen molar-refractivity contribution in [2.75, 3.05) is 0 Å². The molecule has 0 aromatic heterocycles. The Morgan fingerprint density at radius 2 is 0.952 bits per heavy atom.